The molecule has 0 aromatic heterocycles. The third kappa shape index (κ3) is 67.9. The topological polar surface area (TPSA) is 78.9 Å². The number of hydrogen-bond donors (Lipinski definition) is 0. The molecule has 0 amide bonds. The van der Waals surface area contributed by atoms with Crippen molar-refractivity contribution in [1.82, 2.24) is 0 Å². The molecule has 6 nitrogen and oxygen atoms in total. The highest BCUT2D eigenvalue weighted by molar-refractivity contribution is 5.71. The van der Waals surface area contributed by atoms with E-state index in [1.807, 2.05) is 0 Å². The van der Waals surface area contributed by atoms with E-state index in [4.69, 9.17) is 14.2 Å². The van der Waals surface area contributed by atoms with Gasteiger partial charge in [0.1, 0.15) is 13.2 Å². The van der Waals surface area contributed by atoms with Gasteiger partial charge in [-0.15, -0.1) is 0 Å². The Kier molecular flexibility index (Phi) is 68.1. The van der Waals surface area contributed by atoms with Gasteiger partial charge in [0.05, 0.1) is 0 Å². The minimum Gasteiger partial charge on any atom is -0.462 e. The number of allylic oxidation sites excluding steroid dienone is 10. The number of unbranched alkanes of at least 4 members (excludes halogenated alkanes) is 46. The predicted molar refractivity (Wildman–Crippen MR) is 358 cm³/mol. The molecule has 0 fully saturated rings. The Labute approximate surface area is 510 Å². The fourth-order valence-electron chi connectivity index (χ4n) is 10.9. The first kappa shape index (κ1) is 79.1. The van der Waals surface area contributed by atoms with Gasteiger partial charge in [-0.05, 0) is 64.2 Å². The Hall–Kier alpha value is -2.89. The fraction of sp³-hybridized carbons (Fsp3) is 0.829. The predicted octanol–water partition coefficient (Wildman–Crippen LogP) is 25.1. The third-order valence-corrected chi connectivity index (χ3v) is 16.3. The minimum atomic E-state index is -0.791. The molecule has 0 heterocycles. The monoisotopic (exact) mass is 1150 g/mol. The van der Waals surface area contributed by atoms with Gasteiger partial charge < -0.3 is 14.2 Å². The zero-order valence-corrected chi connectivity index (χ0v) is 55.0. The molecule has 0 aliphatic rings. The van der Waals surface area contributed by atoms with E-state index >= 15 is 0 Å². The normalized spacial score (nSPS) is 12.4. The zero-order chi connectivity index (χ0) is 59.2. The summed E-state index contributed by atoms with van der Waals surface area (Å²) in [5.74, 6) is -0.890. The molecule has 0 aliphatic heterocycles. The van der Waals surface area contributed by atoms with Gasteiger partial charge in [0, 0.05) is 19.3 Å². The van der Waals surface area contributed by atoms with E-state index in [2.05, 4.69) is 81.5 Å². The molecule has 0 radical (unpaired) electrons. The summed E-state index contributed by atoms with van der Waals surface area (Å²) < 4.78 is 17.0. The van der Waals surface area contributed by atoms with E-state index in [0.29, 0.717) is 19.3 Å². The molecule has 0 rings (SSSR count). The van der Waals surface area contributed by atoms with Crippen molar-refractivity contribution in [2.75, 3.05) is 13.2 Å². The molecule has 1 unspecified atom stereocenters. The Morgan fingerprint density at radius 3 is 0.744 bits per heavy atom. The second kappa shape index (κ2) is 70.6. The lowest BCUT2D eigenvalue weighted by Gasteiger charge is -2.18. The van der Waals surface area contributed by atoms with Crippen LogP contribution in [0.3, 0.4) is 0 Å². The highest BCUT2D eigenvalue weighted by Gasteiger charge is 2.19. The highest BCUT2D eigenvalue weighted by Crippen LogP contribution is 2.19. The lowest BCUT2D eigenvalue weighted by Crippen LogP contribution is -2.30. The number of ether oxygens (including phenoxy) is 3. The van der Waals surface area contributed by atoms with Crippen LogP contribution in [0.1, 0.15) is 387 Å². The second-order valence-electron chi connectivity index (χ2n) is 24.5. The Morgan fingerprint density at radius 2 is 0.476 bits per heavy atom. The molecular weight excluding hydrogens is 1010 g/mol. The number of carbonyl (C=O) groups excluding carboxylic acids is 3. The van der Waals surface area contributed by atoms with Crippen molar-refractivity contribution in [3.63, 3.8) is 0 Å². The van der Waals surface area contributed by atoms with Crippen LogP contribution in [-0.4, -0.2) is 37.2 Å². The Bertz CT molecular complexity index is 1460. The molecule has 0 saturated carbocycles. The SMILES string of the molecule is CC/C=C\C/C=C\C/C=C\C/C=C\C/C=C\CCCCCC(=O)OC(COC(=O)CCCCCCCCCCCCCCCCC)COC(=O)CCCCCCCCCCCCCCCCCCCCCCCCCCCCCCCC. The molecule has 0 aromatic carbocycles. The van der Waals surface area contributed by atoms with Crippen LogP contribution in [0.15, 0.2) is 60.8 Å². The molecule has 478 valence electrons. The van der Waals surface area contributed by atoms with Crippen molar-refractivity contribution >= 4 is 17.9 Å². The summed E-state index contributed by atoms with van der Waals surface area (Å²) in [5, 5.41) is 0. The summed E-state index contributed by atoms with van der Waals surface area (Å²) in [6, 6.07) is 0. The highest BCUT2D eigenvalue weighted by atomic mass is 16.6. The van der Waals surface area contributed by atoms with Crippen molar-refractivity contribution < 1.29 is 28.6 Å². The van der Waals surface area contributed by atoms with Crippen LogP contribution >= 0.6 is 0 Å². The third-order valence-electron chi connectivity index (χ3n) is 16.3. The summed E-state index contributed by atoms with van der Waals surface area (Å²) in [6.07, 6.45) is 91.3. The lowest BCUT2D eigenvalue weighted by atomic mass is 10.0. The number of carbonyl (C=O) groups is 3. The van der Waals surface area contributed by atoms with Crippen LogP contribution in [-0.2, 0) is 28.6 Å². The average Bonchev–Trinajstić information content (AvgIpc) is 3.47. The summed E-state index contributed by atoms with van der Waals surface area (Å²) in [5.41, 5.74) is 0. The maximum absolute atomic E-state index is 12.9. The van der Waals surface area contributed by atoms with Crippen molar-refractivity contribution in [2.45, 2.75) is 393 Å². The maximum Gasteiger partial charge on any atom is 0.306 e. The lowest BCUT2D eigenvalue weighted by molar-refractivity contribution is -0.167. The molecule has 0 aromatic rings. The Morgan fingerprint density at radius 1 is 0.256 bits per heavy atom. The summed E-state index contributed by atoms with van der Waals surface area (Å²) in [4.78, 5) is 38.4. The van der Waals surface area contributed by atoms with Gasteiger partial charge in [-0.3, -0.25) is 14.4 Å². The molecule has 0 aliphatic carbocycles. The van der Waals surface area contributed by atoms with E-state index in [0.717, 1.165) is 96.3 Å². The number of esters is 3. The van der Waals surface area contributed by atoms with E-state index in [1.54, 1.807) is 0 Å². The smallest absolute Gasteiger partial charge is 0.306 e. The van der Waals surface area contributed by atoms with Crippen LogP contribution in [0.2, 0.25) is 0 Å². The fourth-order valence-corrected chi connectivity index (χ4v) is 10.9. The van der Waals surface area contributed by atoms with E-state index in [-0.39, 0.29) is 31.1 Å². The van der Waals surface area contributed by atoms with E-state index in [1.165, 1.54) is 250 Å². The average molecular weight is 1150 g/mol. The Balaban J connectivity index is 4.23. The summed E-state index contributed by atoms with van der Waals surface area (Å²) in [6.45, 7) is 6.57. The first-order valence-corrected chi connectivity index (χ1v) is 36.3. The van der Waals surface area contributed by atoms with Crippen molar-refractivity contribution in [2.24, 2.45) is 0 Å². The largest absolute Gasteiger partial charge is 0.462 e. The number of hydrogen-bond acceptors (Lipinski definition) is 6. The van der Waals surface area contributed by atoms with Crippen LogP contribution < -0.4 is 0 Å². The van der Waals surface area contributed by atoms with Gasteiger partial charge >= 0.3 is 17.9 Å². The first-order chi connectivity index (χ1) is 40.5. The van der Waals surface area contributed by atoms with E-state index in [9.17, 15) is 14.4 Å². The second-order valence-corrected chi connectivity index (χ2v) is 24.5. The van der Waals surface area contributed by atoms with Crippen molar-refractivity contribution in [3.05, 3.63) is 60.8 Å². The zero-order valence-electron chi connectivity index (χ0n) is 55.0. The van der Waals surface area contributed by atoms with Gasteiger partial charge in [-0.1, -0.05) is 364 Å². The minimum absolute atomic E-state index is 0.0829. The molecule has 82 heavy (non-hydrogen) atoms. The molecule has 6 heteroatoms. The molecule has 0 saturated heterocycles. The van der Waals surface area contributed by atoms with Gasteiger partial charge in [0.25, 0.3) is 0 Å². The quantitative estimate of drug-likeness (QED) is 0.0261. The summed E-state index contributed by atoms with van der Waals surface area (Å²) in [7, 11) is 0. The van der Waals surface area contributed by atoms with Gasteiger partial charge in [-0.2, -0.15) is 0 Å². The van der Waals surface area contributed by atoms with Gasteiger partial charge in [-0.25, -0.2) is 0 Å². The molecular formula is C76H138O6. The van der Waals surface area contributed by atoms with Crippen LogP contribution in [0.5, 0.6) is 0 Å². The summed E-state index contributed by atoms with van der Waals surface area (Å²) >= 11 is 0. The van der Waals surface area contributed by atoms with Crippen molar-refractivity contribution in [1.29, 1.82) is 0 Å². The molecule has 0 N–H and O–H groups in total. The maximum atomic E-state index is 12.9. The standard InChI is InChI=1S/C76H138O6/c1-4-7-10-13-16-19-22-25-28-30-32-33-34-35-36-37-38-39-40-41-42-44-45-48-51-54-57-60-63-66-69-75(78)81-72-73(71-80-74(77)68-65-62-59-56-53-50-47-27-24-21-18-15-12-9-6-3)82-76(79)70-67-64-61-58-55-52-49-46-43-31-29-26-23-20-17-14-11-8-5-2/h8,11,17,20,26,29,43,46,52,55,73H,4-7,9-10,12-16,18-19,21-25,27-28,30-42,44-45,47-51,53-54,56-72H2,1-3H3/b11-8-,20-17-,29-26-,46-43-,55-52-. The molecule has 0 bridgehead atoms. The van der Waals surface area contributed by atoms with Crippen LogP contribution in [0, 0.1) is 0 Å². The molecule has 0 spiro atoms. The van der Waals surface area contributed by atoms with E-state index < -0.39 is 6.10 Å². The van der Waals surface area contributed by atoms with Crippen LogP contribution in [0.25, 0.3) is 0 Å². The van der Waals surface area contributed by atoms with Gasteiger partial charge in [0.15, 0.2) is 6.10 Å². The number of rotatable bonds is 67. The molecule has 1 atom stereocenters. The van der Waals surface area contributed by atoms with Crippen molar-refractivity contribution in [3.8, 4) is 0 Å². The first-order valence-electron chi connectivity index (χ1n) is 36.3. The van der Waals surface area contributed by atoms with Gasteiger partial charge in [0.2, 0.25) is 0 Å². The van der Waals surface area contributed by atoms with Crippen LogP contribution in [0.4, 0.5) is 0 Å².